The fourth-order valence-electron chi connectivity index (χ4n) is 1.11. The quantitative estimate of drug-likeness (QED) is 0.541. The maximum absolute atomic E-state index is 8.53. The molecule has 0 aromatic carbocycles. The van der Waals surface area contributed by atoms with E-state index in [4.69, 9.17) is 7.85 Å². The van der Waals surface area contributed by atoms with Crippen LogP contribution in [0, 0.1) is 0 Å². The SMILES string of the molecule is [2H]CC([2H])CCCCCCCCO. The minimum Gasteiger partial charge on any atom is -0.396 e. The van der Waals surface area contributed by atoms with Gasteiger partial charge >= 0.3 is 0 Å². The van der Waals surface area contributed by atoms with Crippen molar-refractivity contribution in [2.45, 2.75) is 58.2 Å². The predicted molar refractivity (Wildman–Crippen MR) is 49.7 cm³/mol. The number of aliphatic hydroxyl groups is 1. The summed E-state index contributed by atoms with van der Waals surface area (Å²) in [7, 11) is 0. The van der Waals surface area contributed by atoms with Gasteiger partial charge in [-0.3, -0.25) is 0 Å². The highest BCUT2D eigenvalue weighted by atomic mass is 16.2. The highest BCUT2D eigenvalue weighted by Gasteiger charge is 1.89. The van der Waals surface area contributed by atoms with Crippen LogP contribution in [0.2, 0.25) is 0 Å². The summed E-state index contributed by atoms with van der Waals surface area (Å²) in [6, 6.07) is 0. The Hall–Kier alpha value is -0.0400. The van der Waals surface area contributed by atoms with E-state index in [-0.39, 0.29) is 13.3 Å². The van der Waals surface area contributed by atoms with E-state index in [9.17, 15) is 0 Å². The minimum atomic E-state index is -0.169. The molecule has 11 heavy (non-hydrogen) atoms. The monoisotopic (exact) mass is 160 g/mol. The molecule has 0 heterocycles. The van der Waals surface area contributed by atoms with Crippen molar-refractivity contribution in [2.75, 3.05) is 6.61 Å². The van der Waals surface area contributed by atoms with E-state index in [1.807, 2.05) is 0 Å². The zero-order valence-electron chi connectivity index (χ0n) is 9.39. The number of hydrogen-bond donors (Lipinski definition) is 1. The molecule has 1 N–H and O–H groups in total. The van der Waals surface area contributed by atoms with Crippen LogP contribution in [0.15, 0.2) is 0 Å². The van der Waals surface area contributed by atoms with Crippen molar-refractivity contribution >= 4 is 0 Å². The molecule has 0 saturated carbocycles. The van der Waals surface area contributed by atoms with Gasteiger partial charge in [0.25, 0.3) is 0 Å². The Morgan fingerprint density at radius 3 is 2.09 bits per heavy atom. The first kappa shape index (κ1) is 7.60. The molecule has 0 rings (SSSR count). The van der Waals surface area contributed by atoms with E-state index in [2.05, 4.69) is 0 Å². The van der Waals surface area contributed by atoms with Crippen LogP contribution in [0.3, 0.4) is 0 Å². The van der Waals surface area contributed by atoms with Crippen molar-refractivity contribution in [1.29, 1.82) is 0 Å². The molecule has 68 valence electrons. The molecule has 1 atom stereocenters. The van der Waals surface area contributed by atoms with E-state index >= 15 is 0 Å². The fraction of sp³-hybridized carbons (Fsp3) is 1.00. The molecule has 0 bridgehead atoms. The van der Waals surface area contributed by atoms with Gasteiger partial charge < -0.3 is 5.11 Å². The molecule has 0 aliphatic rings. The molecular formula is C10H22O. The topological polar surface area (TPSA) is 20.2 Å². The summed E-state index contributed by atoms with van der Waals surface area (Å²) in [5, 5.41) is 8.53. The van der Waals surface area contributed by atoms with E-state index in [1.54, 1.807) is 0 Å². The Kier molecular flexibility index (Phi) is 6.88. The van der Waals surface area contributed by atoms with Gasteiger partial charge in [-0.05, 0) is 6.42 Å². The van der Waals surface area contributed by atoms with Crippen LogP contribution in [-0.4, -0.2) is 11.7 Å². The van der Waals surface area contributed by atoms with Gasteiger partial charge in [-0.25, -0.2) is 0 Å². The van der Waals surface area contributed by atoms with Crippen LogP contribution in [0.4, 0.5) is 0 Å². The van der Waals surface area contributed by atoms with Gasteiger partial charge in [-0.15, -0.1) is 0 Å². The summed E-state index contributed by atoms with van der Waals surface area (Å²) in [4.78, 5) is 0. The number of aliphatic hydroxyl groups excluding tert-OH is 1. The molecule has 0 radical (unpaired) electrons. The van der Waals surface area contributed by atoms with Crippen molar-refractivity contribution in [3.05, 3.63) is 0 Å². The molecule has 0 amide bonds. The molecule has 1 nitrogen and oxygen atoms in total. The third-order valence-electron chi connectivity index (χ3n) is 1.82. The third kappa shape index (κ3) is 9.96. The first-order valence-corrected chi connectivity index (χ1v) is 4.63. The van der Waals surface area contributed by atoms with Crippen LogP contribution in [-0.2, 0) is 0 Å². The van der Waals surface area contributed by atoms with Gasteiger partial charge in [0.1, 0.15) is 0 Å². The summed E-state index contributed by atoms with van der Waals surface area (Å²) in [5.41, 5.74) is 0. The molecule has 1 heteroatoms. The zero-order valence-corrected chi connectivity index (χ0v) is 7.39. The van der Waals surface area contributed by atoms with E-state index < -0.39 is 0 Å². The zero-order chi connectivity index (χ0) is 9.94. The second kappa shape index (κ2) is 9.96. The van der Waals surface area contributed by atoms with Crippen LogP contribution >= 0.6 is 0 Å². The van der Waals surface area contributed by atoms with Gasteiger partial charge in [0.05, 0.1) is 0 Å². The molecule has 1 unspecified atom stereocenters. The molecule has 0 aromatic heterocycles. The lowest BCUT2D eigenvalue weighted by Gasteiger charge is -1.98. The molecule has 0 aliphatic carbocycles. The Morgan fingerprint density at radius 1 is 1.00 bits per heavy atom. The van der Waals surface area contributed by atoms with Gasteiger partial charge in [0.2, 0.25) is 0 Å². The van der Waals surface area contributed by atoms with Crippen LogP contribution in [0.5, 0.6) is 0 Å². The van der Waals surface area contributed by atoms with E-state index in [1.165, 1.54) is 19.3 Å². The average Bonchev–Trinajstić information content (AvgIpc) is 2.16. The number of rotatable bonds is 8. The summed E-state index contributed by atoms with van der Waals surface area (Å²) in [6.45, 7) is 0.554. The van der Waals surface area contributed by atoms with E-state index in [0.717, 1.165) is 25.7 Å². The summed E-state index contributed by atoms with van der Waals surface area (Å²) < 4.78 is 14.3. The predicted octanol–water partition coefficient (Wildman–Crippen LogP) is 3.12. The fourth-order valence-corrected chi connectivity index (χ4v) is 1.11. The standard InChI is InChI=1S/C10H22O/c1-2-3-4-5-6-7-8-9-10-11/h11H,2-10H2,1H3/i1D,2D. The van der Waals surface area contributed by atoms with Crippen LogP contribution in [0.1, 0.15) is 61.0 Å². The Morgan fingerprint density at radius 2 is 1.55 bits per heavy atom. The Labute approximate surface area is 73.6 Å². The van der Waals surface area contributed by atoms with E-state index in [0.29, 0.717) is 6.61 Å². The summed E-state index contributed by atoms with van der Waals surface area (Å²) >= 11 is 0. The maximum Gasteiger partial charge on any atom is 0.0431 e. The molecule has 0 aromatic rings. The first-order valence-electron chi connectivity index (χ1n) is 5.92. The van der Waals surface area contributed by atoms with Gasteiger partial charge in [-0.2, -0.15) is 0 Å². The normalized spacial score (nSPS) is 15.7. The average molecular weight is 160 g/mol. The third-order valence-corrected chi connectivity index (χ3v) is 1.82. The molecule has 0 aliphatic heterocycles. The maximum atomic E-state index is 8.53. The number of unbranched alkanes of at least 4 members (excludes halogenated alkanes) is 5. The van der Waals surface area contributed by atoms with Crippen molar-refractivity contribution in [3.63, 3.8) is 0 Å². The molecule has 0 saturated heterocycles. The van der Waals surface area contributed by atoms with Crippen LogP contribution < -0.4 is 0 Å². The van der Waals surface area contributed by atoms with Gasteiger partial charge in [0, 0.05) is 9.35 Å². The van der Waals surface area contributed by atoms with Gasteiger partial charge in [-0.1, -0.05) is 51.8 Å². The highest BCUT2D eigenvalue weighted by molar-refractivity contribution is 4.44. The van der Waals surface area contributed by atoms with Crippen molar-refractivity contribution in [2.24, 2.45) is 0 Å². The minimum absolute atomic E-state index is 0.169. The second-order valence-electron chi connectivity index (χ2n) is 2.92. The molecule has 0 spiro atoms. The summed E-state index contributed by atoms with van der Waals surface area (Å²) in [6.07, 6.45) is 7.44. The second-order valence-corrected chi connectivity index (χ2v) is 2.92. The van der Waals surface area contributed by atoms with Crippen molar-refractivity contribution in [3.8, 4) is 0 Å². The molecule has 0 fully saturated rings. The lowest BCUT2D eigenvalue weighted by molar-refractivity contribution is 0.282. The Bertz CT molecular complexity index is 98.9. The first-order chi connectivity index (χ1) is 6.31. The van der Waals surface area contributed by atoms with Crippen molar-refractivity contribution in [1.82, 2.24) is 0 Å². The van der Waals surface area contributed by atoms with Crippen molar-refractivity contribution < 1.29 is 7.85 Å². The number of hydrogen-bond acceptors (Lipinski definition) is 1. The summed E-state index contributed by atoms with van der Waals surface area (Å²) in [5.74, 6) is 0. The Balaban J connectivity index is 2.91. The molecular weight excluding hydrogens is 136 g/mol. The lowest BCUT2D eigenvalue weighted by Crippen LogP contribution is -1.83. The highest BCUT2D eigenvalue weighted by Crippen LogP contribution is 2.07. The lowest BCUT2D eigenvalue weighted by atomic mass is 10.1. The van der Waals surface area contributed by atoms with Gasteiger partial charge in [0.15, 0.2) is 0 Å². The largest absolute Gasteiger partial charge is 0.396 e. The smallest absolute Gasteiger partial charge is 0.0431 e. The van der Waals surface area contributed by atoms with Crippen LogP contribution in [0.25, 0.3) is 0 Å².